The van der Waals surface area contributed by atoms with Crippen molar-refractivity contribution in [1.29, 1.82) is 0 Å². The first-order valence-corrected chi connectivity index (χ1v) is 11.3. The van der Waals surface area contributed by atoms with Gasteiger partial charge in [0.1, 0.15) is 0 Å². The van der Waals surface area contributed by atoms with E-state index in [1.54, 1.807) is 37.3 Å². The molecule has 0 aliphatic heterocycles. The Morgan fingerprint density at radius 3 is 2.19 bits per heavy atom. The summed E-state index contributed by atoms with van der Waals surface area (Å²) in [6.07, 6.45) is 0. The maximum absolute atomic E-state index is 13.4. The molecule has 0 bridgehead atoms. The van der Waals surface area contributed by atoms with E-state index in [1.807, 2.05) is 48.5 Å². The van der Waals surface area contributed by atoms with Gasteiger partial charge in [-0.25, -0.2) is 4.79 Å². The minimum Gasteiger partial charge on any atom is -0.493 e. The van der Waals surface area contributed by atoms with Crippen LogP contribution in [0.5, 0.6) is 11.5 Å². The zero-order chi connectivity index (χ0) is 25.7. The van der Waals surface area contributed by atoms with Crippen LogP contribution >= 0.6 is 0 Å². The zero-order valence-corrected chi connectivity index (χ0v) is 20.2. The van der Waals surface area contributed by atoms with E-state index in [1.165, 1.54) is 14.2 Å². The smallest absolute Gasteiger partial charge is 0.352 e. The standard InChI is InChI=1S/C27H26N4O5/c1-18(20-12-8-5-9-13-20)28-25(32)24-26(33)30(17-19-10-6-4-7-11-19)27(34)31(29-24)21-14-15-22(35-2)23(16-21)36-3/h4-16,18H,17H2,1-3H3,(H,28,32). The summed E-state index contributed by atoms with van der Waals surface area (Å²) in [7, 11) is 2.97. The van der Waals surface area contributed by atoms with Crippen molar-refractivity contribution in [2.24, 2.45) is 0 Å². The van der Waals surface area contributed by atoms with Gasteiger partial charge in [0.25, 0.3) is 11.5 Å². The molecule has 9 nitrogen and oxygen atoms in total. The highest BCUT2D eigenvalue weighted by Crippen LogP contribution is 2.28. The highest BCUT2D eigenvalue weighted by Gasteiger charge is 2.22. The maximum Gasteiger partial charge on any atom is 0.352 e. The summed E-state index contributed by atoms with van der Waals surface area (Å²) in [5.74, 6) is 0.141. The molecule has 3 aromatic carbocycles. The first kappa shape index (κ1) is 24.5. The molecule has 0 saturated carbocycles. The average molecular weight is 487 g/mol. The van der Waals surface area contributed by atoms with Crippen LogP contribution in [0.25, 0.3) is 5.69 Å². The molecule has 4 rings (SSSR count). The molecule has 0 aliphatic rings. The number of carbonyl (C=O) groups excluding carboxylic acids is 1. The van der Waals surface area contributed by atoms with Crippen LogP contribution in [0.1, 0.15) is 34.6 Å². The monoisotopic (exact) mass is 486 g/mol. The van der Waals surface area contributed by atoms with Gasteiger partial charge in [-0.3, -0.25) is 14.2 Å². The van der Waals surface area contributed by atoms with Gasteiger partial charge in [0, 0.05) is 6.07 Å². The summed E-state index contributed by atoms with van der Waals surface area (Å²) in [4.78, 5) is 40.0. The predicted molar refractivity (Wildman–Crippen MR) is 135 cm³/mol. The van der Waals surface area contributed by atoms with Crippen LogP contribution in [0, 0.1) is 0 Å². The molecule has 1 atom stereocenters. The molecule has 184 valence electrons. The van der Waals surface area contributed by atoms with Gasteiger partial charge in [-0.05, 0) is 30.2 Å². The molecule has 0 fully saturated rings. The lowest BCUT2D eigenvalue weighted by Crippen LogP contribution is -2.46. The van der Waals surface area contributed by atoms with E-state index in [2.05, 4.69) is 10.4 Å². The van der Waals surface area contributed by atoms with E-state index in [0.717, 1.165) is 20.4 Å². The van der Waals surface area contributed by atoms with Gasteiger partial charge in [0.05, 0.1) is 32.5 Å². The fourth-order valence-electron chi connectivity index (χ4n) is 3.78. The van der Waals surface area contributed by atoms with E-state index in [9.17, 15) is 14.4 Å². The molecule has 1 unspecified atom stereocenters. The minimum atomic E-state index is -0.779. The summed E-state index contributed by atoms with van der Waals surface area (Å²) in [5, 5.41) is 6.99. The van der Waals surface area contributed by atoms with Gasteiger partial charge in [-0.2, -0.15) is 9.78 Å². The largest absolute Gasteiger partial charge is 0.493 e. The average Bonchev–Trinajstić information content (AvgIpc) is 2.91. The molecule has 36 heavy (non-hydrogen) atoms. The third kappa shape index (κ3) is 5.05. The normalized spacial score (nSPS) is 11.5. The van der Waals surface area contributed by atoms with Crippen molar-refractivity contribution < 1.29 is 14.3 Å². The SMILES string of the molecule is COc1ccc(-n2nc(C(=O)NC(C)c3ccccc3)c(=O)n(Cc3ccccc3)c2=O)cc1OC. The number of aromatic nitrogens is 3. The second kappa shape index (κ2) is 10.7. The molecule has 1 heterocycles. The third-order valence-electron chi connectivity index (χ3n) is 5.72. The van der Waals surface area contributed by atoms with Crippen LogP contribution in [-0.4, -0.2) is 34.5 Å². The fraction of sp³-hybridized carbons (Fsp3) is 0.185. The van der Waals surface area contributed by atoms with Gasteiger partial charge in [-0.15, -0.1) is 0 Å². The van der Waals surface area contributed by atoms with Gasteiger partial charge < -0.3 is 14.8 Å². The maximum atomic E-state index is 13.4. The van der Waals surface area contributed by atoms with Crippen molar-refractivity contribution in [3.05, 3.63) is 117 Å². The van der Waals surface area contributed by atoms with Crippen molar-refractivity contribution in [2.45, 2.75) is 19.5 Å². The van der Waals surface area contributed by atoms with Gasteiger partial charge in [0.2, 0.25) is 5.69 Å². The molecule has 9 heteroatoms. The molecule has 1 amide bonds. The number of hydrogen-bond donors (Lipinski definition) is 1. The van der Waals surface area contributed by atoms with Gasteiger partial charge in [-0.1, -0.05) is 60.7 Å². The lowest BCUT2D eigenvalue weighted by molar-refractivity contribution is 0.0930. The molecule has 0 spiro atoms. The molecule has 0 radical (unpaired) electrons. The number of rotatable bonds is 8. The number of benzene rings is 3. The quantitative estimate of drug-likeness (QED) is 0.411. The summed E-state index contributed by atoms with van der Waals surface area (Å²) in [5.41, 5.74) is 0.0317. The number of nitrogens with zero attached hydrogens (tertiary/aromatic N) is 3. The molecule has 1 aromatic heterocycles. The highest BCUT2D eigenvalue weighted by atomic mass is 16.5. The highest BCUT2D eigenvalue weighted by molar-refractivity contribution is 5.92. The van der Waals surface area contributed by atoms with Crippen LogP contribution < -0.4 is 26.0 Å². The Labute approximate surface area is 207 Å². The number of amides is 1. The molecule has 0 aliphatic carbocycles. The molecule has 4 aromatic rings. The summed E-state index contributed by atoms with van der Waals surface area (Å²) in [6, 6.07) is 22.8. The van der Waals surface area contributed by atoms with Crippen LogP contribution in [0.2, 0.25) is 0 Å². The number of methoxy groups -OCH3 is 2. The van der Waals surface area contributed by atoms with Crippen molar-refractivity contribution in [2.75, 3.05) is 14.2 Å². The predicted octanol–water partition coefficient (Wildman–Crippen LogP) is 2.95. The number of hydrogen-bond acceptors (Lipinski definition) is 6. The topological polar surface area (TPSA) is 104 Å². The second-order valence-electron chi connectivity index (χ2n) is 8.06. The van der Waals surface area contributed by atoms with Gasteiger partial charge >= 0.3 is 5.69 Å². The van der Waals surface area contributed by atoms with Crippen molar-refractivity contribution in [3.63, 3.8) is 0 Å². The zero-order valence-electron chi connectivity index (χ0n) is 20.2. The summed E-state index contributed by atoms with van der Waals surface area (Å²) in [6.45, 7) is 1.78. The fourth-order valence-corrected chi connectivity index (χ4v) is 3.78. The molecular weight excluding hydrogens is 460 g/mol. The number of nitrogens with one attached hydrogen (secondary N) is 1. The Bertz CT molecular complexity index is 1480. The number of ether oxygens (including phenoxy) is 2. The Kier molecular flexibility index (Phi) is 7.29. The Hall–Kier alpha value is -4.66. The van der Waals surface area contributed by atoms with E-state index >= 15 is 0 Å². The molecule has 0 saturated heterocycles. The first-order chi connectivity index (χ1) is 17.4. The van der Waals surface area contributed by atoms with Crippen LogP contribution in [-0.2, 0) is 6.54 Å². The van der Waals surface area contributed by atoms with Crippen LogP contribution in [0.4, 0.5) is 0 Å². The number of carbonyl (C=O) groups is 1. The first-order valence-electron chi connectivity index (χ1n) is 11.3. The van der Waals surface area contributed by atoms with Gasteiger partial charge in [0.15, 0.2) is 11.5 Å². The summed E-state index contributed by atoms with van der Waals surface area (Å²) >= 11 is 0. The van der Waals surface area contributed by atoms with Crippen LogP contribution in [0.15, 0.2) is 88.5 Å². The minimum absolute atomic E-state index is 0.0250. The van der Waals surface area contributed by atoms with E-state index in [-0.39, 0.29) is 12.6 Å². The van der Waals surface area contributed by atoms with E-state index in [0.29, 0.717) is 17.2 Å². The lowest BCUT2D eigenvalue weighted by atomic mass is 10.1. The Morgan fingerprint density at radius 1 is 0.917 bits per heavy atom. The van der Waals surface area contributed by atoms with E-state index < -0.39 is 22.9 Å². The van der Waals surface area contributed by atoms with Crippen LogP contribution in [0.3, 0.4) is 0 Å². The molecular formula is C27H26N4O5. The Morgan fingerprint density at radius 2 is 1.56 bits per heavy atom. The molecule has 1 N–H and O–H groups in total. The van der Waals surface area contributed by atoms with Crippen molar-refractivity contribution in [3.8, 4) is 17.2 Å². The second-order valence-corrected chi connectivity index (χ2v) is 8.06. The van der Waals surface area contributed by atoms with Crippen molar-refractivity contribution >= 4 is 5.91 Å². The Balaban J connectivity index is 1.83. The third-order valence-corrected chi connectivity index (χ3v) is 5.72. The van der Waals surface area contributed by atoms with E-state index in [4.69, 9.17) is 9.47 Å². The van der Waals surface area contributed by atoms with Crippen molar-refractivity contribution in [1.82, 2.24) is 19.7 Å². The lowest BCUT2D eigenvalue weighted by Gasteiger charge is -2.16. The summed E-state index contributed by atoms with van der Waals surface area (Å²) < 4.78 is 12.6.